The van der Waals surface area contributed by atoms with Crippen LogP contribution in [-0.2, 0) is 25.7 Å². The van der Waals surface area contributed by atoms with Crippen LogP contribution in [0.5, 0.6) is 0 Å². The Morgan fingerprint density at radius 1 is 0.556 bits per heavy atom. The first-order valence-corrected chi connectivity index (χ1v) is 13.3. The highest BCUT2D eigenvalue weighted by molar-refractivity contribution is 5.79. The zero-order chi connectivity index (χ0) is 24.8. The molecular formula is C34H34N2. The highest BCUT2D eigenvalue weighted by Gasteiger charge is 2.24. The highest BCUT2D eigenvalue weighted by Crippen LogP contribution is 2.41. The summed E-state index contributed by atoms with van der Waals surface area (Å²) in [5.74, 6) is 0. The van der Waals surface area contributed by atoms with E-state index in [0.717, 1.165) is 25.7 Å². The Morgan fingerprint density at radius 3 is 1.42 bits per heavy atom. The van der Waals surface area contributed by atoms with Gasteiger partial charge in [0.1, 0.15) is 0 Å². The molecule has 0 aromatic heterocycles. The molecule has 36 heavy (non-hydrogen) atoms. The molecule has 0 heterocycles. The number of nitrogens with zero attached hydrogens (tertiary/aromatic N) is 2. The summed E-state index contributed by atoms with van der Waals surface area (Å²) in [5.41, 5.74) is 17.1. The van der Waals surface area contributed by atoms with Crippen molar-refractivity contribution in [3.05, 3.63) is 117 Å². The van der Waals surface area contributed by atoms with Crippen molar-refractivity contribution in [3.63, 3.8) is 0 Å². The SMILES string of the molecule is Cc1ccc2c(c1CC(C)N=NC(C)Cc1c(C)ccc3c1Cc1ccccc1-3)Cc1ccccc1-2. The first-order valence-electron chi connectivity index (χ1n) is 13.3. The molecule has 0 saturated carbocycles. The third-order valence-electron chi connectivity index (χ3n) is 8.14. The van der Waals surface area contributed by atoms with E-state index in [4.69, 9.17) is 10.2 Å². The monoisotopic (exact) mass is 470 g/mol. The van der Waals surface area contributed by atoms with Crippen LogP contribution < -0.4 is 0 Å². The first kappa shape index (κ1) is 22.9. The fraction of sp³-hybridized carbons (Fsp3) is 0.294. The van der Waals surface area contributed by atoms with E-state index < -0.39 is 0 Å². The number of azo groups is 1. The summed E-state index contributed by atoms with van der Waals surface area (Å²) in [6.07, 6.45) is 3.94. The van der Waals surface area contributed by atoms with Crippen LogP contribution in [0.1, 0.15) is 58.4 Å². The Labute approximate surface area is 215 Å². The molecule has 2 unspecified atom stereocenters. The Morgan fingerprint density at radius 2 is 0.972 bits per heavy atom. The lowest BCUT2D eigenvalue weighted by Crippen LogP contribution is -2.10. The highest BCUT2D eigenvalue weighted by atomic mass is 15.1. The molecule has 0 amide bonds. The van der Waals surface area contributed by atoms with Crippen LogP contribution in [-0.4, -0.2) is 12.1 Å². The lowest BCUT2D eigenvalue weighted by atomic mass is 9.92. The van der Waals surface area contributed by atoms with Gasteiger partial charge in [-0.1, -0.05) is 72.8 Å². The van der Waals surface area contributed by atoms with Gasteiger partial charge in [-0.3, -0.25) is 0 Å². The van der Waals surface area contributed by atoms with Crippen molar-refractivity contribution in [2.75, 3.05) is 0 Å². The quantitative estimate of drug-likeness (QED) is 0.218. The minimum absolute atomic E-state index is 0.160. The molecule has 6 rings (SSSR count). The second-order valence-electron chi connectivity index (χ2n) is 10.8. The second-order valence-corrected chi connectivity index (χ2v) is 10.8. The van der Waals surface area contributed by atoms with Crippen molar-refractivity contribution < 1.29 is 0 Å². The molecule has 2 atom stereocenters. The average Bonchev–Trinajstić information content (AvgIpc) is 3.45. The minimum atomic E-state index is 0.160. The van der Waals surface area contributed by atoms with Gasteiger partial charge in [0.15, 0.2) is 0 Å². The van der Waals surface area contributed by atoms with Gasteiger partial charge in [0.25, 0.3) is 0 Å². The minimum Gasteiger partial charge on any atom is -0.190 e. The van der Waals surface area contributed by atoms with Gasteiger partial charge in [-0.15, -0.1) is 0 Å². The second kappa shape index (κ2) is 9.17. The molecule has 4 aromatic rings. The van der Waals surface area contributed by atoms with Crippen molar-refractivity contribution in [3.8, 4) is 22.3 Å². The van der Waals surface area contributed by atoms with E-state index in [1.165, 1.54) is 66.8 Å². The van der Waals surface area contributed by atoms with E-state index in [9.17, 15) is 0 Å². The molecule has 0 bridgehead atoms. The fourth-order valence-corrected chi connectivity index (χ4v) is 6.25. The van der Waals surface area contributed by atoms with Crippen LogP contribution in [0.15, 0.2) is 83.0 Å². The maximum Gasteiger partial charge on any atom is 0.0720 e. The van der Waals surface area contributed by atoms with Crippen LogP contribution in [0.4, 0.5) is 0 Å². The molecule has 0 aliphatic heterocycles. The molecule has 2 aliphatic carbocycles. The van der Waals surface area contributed by atoms with Gasteiger partial charge < -0.3 is 0 Å². The molecule has 0 saturated heterocycles. The first-order chi connectivity index (χ1) is 17.5. The van der Waals surface area contributed by atoms with Crippen LogP contribution in [0, 0.1) is 13.8 Å². The van der Waals surface area contributed by atoms with Crippen molar-refractivity contribution in [2.24, 2.45) is 10.2 Å². The van der Waals surface area contributed by atoms with Crippen LogP contribution in [0.3, 0.4) is 0 Å². The lowest BCUT2D eigenvalue weighted by Gasteiger charge is -2.16. The van der Waals surface area contributed by atoms with E-state index in [-0.39, 0.29) is 12.1 Å². The van der Waals surface area contributed by atoms with Crippen molar-refractivity contribution in [1.82, 2.24) is 0 Å². The van der Waals surface area contributed by atoms with Gasteiger partial charge in [0.2, 0.25) is 0 Å². The molecule has 180 valence electrons. The van der Waals surface area contributed by atoms with E-state index >= 15 is 0 Å². The third kappa shape index (κ3) is 3.99. The van der Waals surface area contributed by atoms with E-state index in [1.807, 2.05) is 0 Å². The zero-order valence-corrected chi connectivity index (χ0v) is 21.8. The number of aryl methyl sites for hydroxylation is 2. The van der Waals surface area contributed by atoms with Crippen LogP contribution in [0.2, 0.25) is 0 Å². The summed E-state index contributed by atoms with van der Waals surface area (Å²) in [5, 5.41) is 9.64. The van der Waals surface area contributed by atoms with Gasteiger partial charge in [-0.25, -0.2) is 0 Å². The Hall–Kier alpha value is -3.52. The molecule has 2 nitrogen and oxygen atoms in total. The number of hydrogen-bond acceptors (Lipinski definition) is 2. The maximum absolute atomic E-state index is 4.82. The summed E-state index contributed by atoms with van der Waals surface area (Å²) < 4.78 is 0. The van der Waals surface area contributed by atoms with Gasteiger partial charge in [-0.2, -0.15) is 10.2 Å². The Kier molecular flexibility index (Phi) is 5.84. The summed E-state index contributed by atoms with van der Waals surface area (Å²) in [6.45, 7) is 8.89. The molecule has 0 spiro atoms. The molecule has 0 fully saturated rings. The van der Waals surface area contributed by atoms with Crippen molar-refractivity contribution >= 4 is 0 Å². The van der Waals surface area contributed by atoms with Gasteiger partial charge in [-0.05, 0) is 120 Å². The molecule has 2 heteroatoms. The normalized spacial score (nSPS) is 14.9. The average molecular weight is 471 g/mol. The van der Waals surface area contributed by atoms with E-state index in [0.29, 0.717) is 0 Å². The van der Waals surface area contributed by atoms with Crippen LogP contribution in [0.25, 0.3) is 22.3 Å². The summed E-state index contributed by atoms with van der Waals surface area (Å²) in [6, 6.07) is 27.1. The molecule has 0 N–H and O–H groups in total. The molecule has 0 radical (unpaired) electrons. The lowest BCUT2D eigenvalue weighted by molar-refractivity contribution is 0.609. The van der Waals surface area contributed by atoms with Gasteiger partial charge in [0.05, 0.1) is 12.1 Å². The number of benzene rings is 4. The summed E-state index contributed by atoms with van der Waals surface area (Å²) in [4.78, 5) is 0. The van der Waals surface area contributed by atoms with E-state index in [2.05, 4.69) is 100 Å². The van der Waals surface area contributed by atoms with E-state index in [1.54, 1.807) is 0 Å². The Balaban J connectivity index is 1.18. The molecule has 4 aromatic carbocycles. The smallest absolute Gasteiger partial charge is 0.0720 e. The number of hydrogen-bond donors (Lipinski definition) is 0. The van der Waals surface area contributed by atoms with Crippen molar-refractivity contribution in [2.45, 2.75) is 65.5 Å². The van der Waals surface area contributed by atoms with Crippen molar-refractivity contribution in [1.29, 1.82) is 0 Å². The fourth-order valence-electron chi connectivity index (χ4n) is 6.25. The predicted molar refractivity (Wildman–Crippen MR) is 150 cm³/mol. The van der Waals surface area contributed by atoms with Crippen LogP contribution >= 0.6 is 0 Å². The Bertz CT molecular complexity index is 1380. The summed E-state index contributed by atoms with van der Waals surface area (Å²) >= 11 is 0. The predicted octanol–water partition coefficient (Wildman–Crippen LogP) is 8.46. The largest absolute Gasteiger partial charge is 0.190 e. The molecule has 2 aliphatic rings. The zero-order valence-electron chi connectivity index (χ0n) is 21.8. The molecular weight excluding hydrogens is 436 g/mol. The van der Waals surface area contributed by atoms with Gasteiger partial charge >= 0.3 is 0 Å². The van der Waals surface area contributed by atoms with Gasteiger partial charge in [0, 0.05) is 0 Å². The summed E-state index contributed by atoms with van der Waals surface area (Å²) in [7, 11) is 0. The maximum atomic E-state index is 4.82. The number of fused-ring (bicyclic) bond motifs is 6. The number of rotatable bonds is 6. The standard InChI is InChI=1S/C34H34N2/c1-21-13-15-29-27-11-7-5-9-25(27)19-33(29)31(21)17-23(3)35-36-24(4)18-32-22(2)14-16-30-28-12-8-6-10-26(28)20-34(30)32/h5-16,23-24H,17-20H2,1-4H3. The topological polar surface area (TPSA) is 24.7 Å². The third-order valence-corrected chi connectivity index (χ3v) is 8.14.